The third-order valence-corrected chi connectivity index (χ3v) is 2.72. The number of aryl methyl sites for hydroxylation is 1. The van der Waals surface area contributed by atoms with Crippen molar-refractivity contribution >= 4 is 0 Å². The van der Waals surface area contributed by atoms with Gasteiger partial charge in [0.2, 0.25) is 0 Å². The van der Waals surface area contributed by atoms with E-state index in [4.69, 9.17) is 0 Å². The van der Waals surface area contributed by atoms with E-state index in [1.165, 1.54) is 0 Å². The van der Waals surface area contributed by atoms with Gasteiger partial charge in [-0.05, 0) is 62.9 Å². The highest BCUT2D eigenvalue weighted by molar-refractivity contribution is 5.49. The van der Waals surface area contributed by atoms with Crippen molar-refractivity contribution in [3.05, 3.63) is 28.3 Å². The summed E-state index contributed by atoms with van der Waals surface area (Å²) in [7, 11) is 0. The molecule has 0 unspecified atom stereocenters. The van der Waals surface area contributed by atoms with Crippen LogP contribution in [0.5, 0.6) is 5.75 Å². The molecule has 0 saturated carbocycles. The largest absolute Gasteiger partial charge is 0.507 e. The van der Waals surface area contributed by atoms with E-state index in [9.17, 15) is 10.2 Å². The molecular weight excluding hydrogens is 176 g/mol. The molecule has 0 aliphatic heterocycles. The molecule has 1 aromatic rings. The monoisotopic (exact) mass is 194 g/mol. The molecule has 0 radical (unpaired) electrons. The van der Waals surface area contributed by atoms with Gasteiger partial charge in [0, 0.05) is 0 Å². The van der Waals surface area contributed by atoms with Crippen LogP contribution < -0.4 is 0 Å². The van der Waals surface area contributed by atoms with Crippen LogP contribution in [0.2, 0.25) is 0 Å². The molecule has 0 heterocycles. The Morgan fingerprint density at radius 1 is 1.07 bits per heavy atom. The Labute approximate surface area is 85.2 Å². The average molecular weight is 194 g/mol. The number of rotatable bonds is 1. The molecule has 1 aromatic carbocycles. The summed E-state index contributed by atoms with van der Waals surface area (Å²) < 4.78 is 0. The van der Waals surface area contributed by atoms with Gasteiger partial charge in [0.15, 0.2) is 0 Å². The van der Waals surface area contributed by atoms with Gasteiger partial charge in [-0.2, -0.15) is 0 Å². The Morgan fingerprint density at radius 2 is 1.57 bits per heavy atom. The van der Waals surface area contributed by atoms with Gasteiger partial charge in [-0.15, -0.1) is 0 Å². The molecule has 0 amide bonds. The van der Waals surface area contributed by atoms with E-state index in [1.54, 1.807) is 13.8 Å². The lowest BCUT2D eigenvalue weighted by molar-refractivity contribution is 0.0777. The van der Waals surface area contributed by atoms with Crippen LogP contribution >= 0.6 is 0 Å². The van der Waals surface area contributed by atoms with Crippen molar-refractivity contribution in [1.29, 1.82) is 0 Å². The van der Waals surface area contributed by atoms with Crippen LogP contribution in [0.15, 0.2) is 6.07 Å². The van der Waals surface area contributed by atoms with Crippen LogP contribution in [0.1, 0.15) is 36.1 Å². The predicted molar refractivity (Wildman–Crippen MR) is 57.6 cm³/mol. The van der Waals surface area contributed by atoms with Crippen molar-refractivity contribution in [2.75, 3.05) is 0 Å². The Bertz CT molecular complexity index is 360. The first-order chi connectivity index (χ1) is 6.25. The SMILES string of the molecule is Cc1cc(C(C)(C)O)c(C)c(C)c1O. The number of hydrogen-bond acceptors (Lipinski definition) is 2. The van der Waals surface area contributed by atoms with Crippen molar-refractivity contribution in [3.63, 3.8) is 0 Å². The summed E-state index contributed by atoms with van der Waals surface area (Å²) in [5, 5.41) is 19.6. The second kappa shape index (κ2) is 3.28. The van der Waals surface area contributed by atoms with Gasteiger partial charge in [0.25, 0.3) is 0 Å². The van der Waals surface area contributed by atoms with Gasteiger partial charge in [-0.3, -0.25) is 0 Å². The van der Waals surface area contributed by atoms with Crippen molar-refractivity contribution in [2.45, 2.75) is 40.2 Å². The molecule has 1 rings (SSSR count). The second-order valence-electron chi connectivity index (χ2n) is 4.40. The summed E-state index contributed by atoms with van der Waals surface area (Å²) in [5.74, 6) is 0.329. The standard InChI is InChI=1S/C12H18O2/c1-7-6-10(12(4,5)14)8(2)9(3)11(7)13/h6,13-14H,1-5H3. The lowest BCUT2D eigenvalue weighted by Gasteiger charge is -2.23. The maximum Gasteiger partial charge on any atom is 0.121 e. The van der Waals surface area contributed by atoms with E-state index in [0.717, 1.165) is 22.3 Å². The fourth-order valence-electron chi connectivity index (χ4n) is 1.70. The molecule has 0 aliphatic rings. The molecule has 0 saturated heterocycles. The molecule has 0 bridgehead atoms. The zero-order valence-electron chi connectivity index (χ0n) is 9.47. The smallest absolute Gasteiger partial charge is 0.121 e. The third kappa shape index (κ3) is 1.75. The highest BCUT2D eigenvalue weighted by Crippen LogP contribution is 2.32. The number of aromatic hydroxyl groups is 1. The van der Waals surface area contributed by atoms with Gasteiger partial charge >= 0.3 is 0 Å². The van der Waals surface area contributed by atoms with Crippen LogP contribution in [0, 0.1) is 20.8 Å². The van der Waals surface area contributed by atoms with Crippen molar-refractivity contribution < 1.29 is 10.2 Å². The highest BCUT2D eigenvalue weighted by atomic mass is 16.3. The van der Waals surface area contributed by atoms with Gasteiger partial charge in [0.1, 0.15) is 5.75 Å². The van der Waals surface area contributed by atoms with Crippen LogP contribution in [0.3, 0.4) is 0 Å². The molecule has 0 aromatic heterocycles. The van der Waals surface area contributed by atoms with Gasteiger partial charge in [0.05, 0.1) is 5.60 Å². The summed E-state index contributed by atoms with van der Waals surface area (Å²) in [6.45, 7) is 9.14. The molecule has 0 spiro atoms. The van der Waals surface area contributed by atoms with E-state index < -0.39 is 5.60 Å². The summed E-state index contributed by atoms with van der Waals surface area (Å²) >= 11 is 0. The minimum absolute atomic E-state index is 0.329. The van der Waals surface area contributed by atoms with Crippen molar-refractivity contribution in [2.24, 2.45) is 0 Å². The van der Waals surface area contributed by atoms with Crippen molar-refractivity contribution in [3.8, 4) is 5.75 Å². The van der Waals surface area contributed by atoms with Crippen LogP contribution in [0.4, 0.5) is 0 Å². The average Bonchev–Trinajstić information content (AvgIpc) is 2.06. The molecule has 0 fully saturated rings. The summed E-state index contributed by atoms with van der Waals surface area (Å²) in [6.07, 6.45) is 0. The number of phenolic OH excluding ortho intramolecular Hbond substituents is 1. The zero-order valence-corrected chi connectivity index (χ0v) is 9.47. The number of phenols is 1. The van der Waals surface area contributed by atoms with E-state index >= 15 is 0 Å². The first-order valence-corrected chi connectivity index (χ1v) is 4.77. The molecule has 14 heavy (non-hydrogen) atoms. The number of hydrogen-bond donors (Lipinski definition) is 2. The van der Waals surface area contributed by atoms with Crippen LogP contribution in [-0.2, 0) is 5.60 Å². The molecule has 2 nitrogen and oxygen atoms in total. The Morgan fingerprint density at radius 3 is 2.00 bits per heavy atom. The van der Waals surface area contributed by atoms with E-state index in [-0.39, 0.29) is 0 Å². The van der Waals surface area contributed by atoms with Gasteiger partial charge in [-0.1, -0.05) is 0 Å². The molecule has 2 N–H and O–H groups in total. The van der Waals surface area contributed by atoms with E-state index in [0.29, 0.717) is 5.75 Å². The van der Waals surface area contributed by atoms with E-state index in [2.05, 4.69) is 0 Å². The third-order valence-electron chi connectivity index (χ3n) is 2.72. The maximum atomic E-state index is 9.93. The topological polar surface area (TPSA) is 40.5 Å². The van der Waals surface area contributed by atoms with E-state index in [1.807, 2.05) is 26.8 Å². The van der Waals surface area contributed by atoms with Crippen LogP contribution in [0.25, 0.3) is 0 Å². The Hall–Kier alpha value is -1.02. The van der Waals surface area contributed by atoms with Crippen molar-refractivity contribution in [1.82, 2.24) is 0 Å². The first kappa shape index (κ1) is 11.1. The fraction of sp³-hybridized carbons (Fsp3) is 0.500. The Balaban J connectivity index is 3.49. The zero-order chi connectivity index (χ0) is 11.1. The highest BCUT2D eigenvalue weighted by Gasteiger charge is 2.21. The molecule has 0 atom stereocenters. The molecule has 78 valence electrons. The predicted octanol–water partition coefficient (Wildman–Crippen LogP) is 2.54. The normalized spacial score (nSPS) is 11.9. The molecule has 0 aliphatic carbocycles. The molecular formula is C12H18O2. The number of benzene rings is 1. The fourth-order valence-corrected chi connectivity index (χ4v) is 1.70. The number of aliphatic hydroxyl groups is 1. The van der Waals surface area contributed by atoms with Gasteiger partial charge in [-0.25, -0.2) is 0 Å². The maximum absolute atomic E-state index is 9.93. The Kier molecular flexibility index (Phi) is 2.59. The first-order valence-electron chi connectivity index (χ1n) is 4.77. The minimum Gasteiger partial charge on any atom is -0.507 e. The molecule has 2 heteroatoms. The summed E-state index contributed by atoms with van der Waals surface area (Å²) in [4.78, 5) is 0. The summed E-state index contributed by atoms with van der Waals surface area (Å²) in [6, 6.07) is 1.84. The van der Waals surface area contributed by atoms with Crippen LogP contribution in [-0.4, -0.2) is 10.2 Å². The minimum atomic E-state index is -0.854. The van der Waals surface area contributed by atoms with Gasteiger partial charge < -0.3 is 10.2 Å². The lowest BCUT2D eigenvalue weighted by atomic mass is 9.89. The second-order valence-corrected chi connectivity index (χ2v) is 4.40. The quantitative estimate of drug-likeness (QED) is 0.721. The summed E-state index contributed by atoms with van der Waals surface area (Å²) in [5.41, 5.74) is 2.64. The lowest BCUT2D eigenvalue weighted by Crippen LogP contribution is -2.18.